The van der Waals surface area contributed by atoms with E-state index in [1.54, 1.807) is 7.11 Å². The van der Waals surface area contributed by atoms with Crippen LogP contribution in [0.5, 0.6) is 0 Å². The highest BCUT2D eigenvalue weighted by atomic mass is 16.5. The molecule has 0 fully saturated rings. The van der Waals surface area contributed by atoms with Crippen LogP contribution in [0, 0.1) is 0 Å². The molecule has 1 N–H and O–H groups in total. The van der Waals surface area contributed by atoms with Gasteiger partial charge in [0.05, 0.1) is 12.3 Å². The number of nitrogens with zero attached hydrogens (tertiary/aromatic N) is 2. The van der Waals surface area contributed by atoms with Gasteiger partial charge in [-0.25, -0.2) is 0 Å². The van der Waals surface area contributed by atoms with Crippen molar-refractivity contribution in [2.75, 3.05) is 20.2 Å². The second kappa shape index (κ2) is 5.78. The number of aryl methyl sites for hydroxylation is 1. The lowest BCUT2D eigenvalue weighted by molar-refractivity contribution is 0.117. The molecule has 0 saturated carbocycles. The van der Waals surface area contributed by atoms with E-state index in [1.165, 1.54) is 5.56 Å². The molecule has 0 aliphatic heterocycles. The van der Waals surface area contributed by atoms with Crippen LogP contribution in [-0.4, -0.2) is 36.1 Å². The topological polar surface area (TPSA) is 39.1 Å². The van der Waals surface area contributed by atoms with Crippen molar-refractivity contribution in [1.82, 2.24) is 15.1 Å². The minimum absolute atomic E-state index is 0.281. The molecule has 1 atom stereocenters. The summed E-state index contributed by atoms with van der Waals surface area (Å²) in [6, 6.07) is 0. The molecule has 4 heteroatoms. The predicted molar refractivity (Wildman–Crippen MR) is 56.3 cm³/mol. The third kappa shape index (κ3) is 3.89. The summed E-state index contributed by atoms with van der Waals surface area (Å²) in [5.74, 6) is 0. The molecule has 0 aliphatic carbocycles. The zero-order valence-corrected chi connectivity index (χ0v) is 9.16. The number of methoxy groups -OCH3 is 1. The van der Waals surface area contributed by atoms with Crippen molar-refractivity contribution in [1.29, 1.82) is 0 Å². The summed E-state index contributed by atoms with van der Waals surface area (Å²) in [6.45, 7) is 3.92. The average Bonchev–Trinajstić information content (AvgIpc) is 2.58. The van der Waals surface area contributed by atoms with Crippen molar-refractivity contribution in [3.05, 3.63) is 18.0 Å². The Bertz CT molecular complexity index is 260. The molecule has 1 aromatic heterocycles. The summed E-state index contributed by atoms with van der Waals surface area (Å²) in [6.07, 6.45) is 5.25. The number of nitrogens with one attached hydrogen (secondary N) is 1. The van der Waals surface area contributed by atoms with Crippen LogP contribution >= 0.6 is 0 Å². The van der Waals surface area contributed by atoms with Gasteiger partial charge >= 0.3 is 0 Å². The molecule has 0 saturated heterocycles. The third-order valence-electron chi connectivity index (χ3n) is 2.18. The van der Waals surface area contributed by atoms with Gasteiger partial charge in [-0.1, -0.05) is 0 Å². The lowest BCUT2D eigenvalue weighted by atomic mass is 10.2. The molecule has 0 bridgehead atoms. The lowest BCUT2D eigenvalue weighted by Gasteiger charge is -2.09. The fraction of sp³-hybridized carbons (Fsp3) is 0.700. The summed E-state index contributed by atoms with van der Waals surface area (Å²) < 4.78 is 6.95. The van der Waals surface area contributed by atoms with Crippen LogP contribution in [0.2, 0.25) is 0 Å². The third-order valence-corrected chi connectivity index (χ3v) is 2.18. The van der Waals surface area contributed by atoms with Gasteiger partial charge in [0, 0.05) is 26.9 Å². The first-order chi connectivity index (χ1) is 6.72. The minimum Gasteiger partial charge on any atom is -0.380 e. The van der Waals surface area contributed by atoms with E-state index < -0.39 is 0 Å². The van der Waals surface area contributed by atoms with Crippen LogP contribution in [-0.2, 0) is 18.2 Å². The van der Waals surface area contributed by atoms with Gasteiger partial charge in [0.25, 0.3) is 0 Å². The fourth-order valence-electron chi connectivity index (χ4n) is 1.22. The van der Waals surface area contributed by atoms with Crippen LogP contribution < -0.4 is 5.32 Å². The molecule has 0 radical (unpaired) electrons. The van der Waals surface area contributed by atoms with E-state index in [2.05, 4.69) is 17.3 Å². The van der Waals surface area contributed by atoms with Crippen molar-refractivity contribution >= 4 is 0 Å². The molecule has 1 unspecified atom stereocenters. The Balaban J connectivity index is 2.10. The summed E-state index contributed by atoms with van der Waals surface area (Å²) >= 11 is 0. The van der Waals surface area contributed by atoms with Gasteiger partial charge in [0.2, 0.25) is 0 Å². The highest BCUT2D eigenvalue weighted by molar-refractivity contribution is 5.03. The van der Waals surface area contributed by atoms with E-state index in [0.29, 0.717) is 0 Å². The maximum absolute atomic E-state index is 5.13. The van der Waals surface area contributed by atoms with E-state index in [0.717, 1.165) is 19.5 Å². The smallest absolute Gasteiger partial charge is 0.0667 e. The molecule has 14 heavy (non-hydrogen) atoms. The highest BCUT2D eigenvalue weighted by Crippen LogP contribution is 1.96. The Morgan fingerprint density at radius 2 is 2.43 bits per heavy atom. The largest absolute Gasteiger partial charge is 0.380 e. The van der Waals surface area contributed by atoms with Crippen LogP contribution in [0.15, 0.2) is 12.4 Å². The fourth-order valence-corrected chi connectivity index (χ4v) is 1.22. The molecule has 4 nitrogen and oxygen atoms in total. The standard InChI is InChI=1S/C10H19N3O/c1-9(14-3)6-11-5-4-10-7-12-13(2)8-10/h7-9,11H,4-6H2,1-3H3. The van der Waals surface area contributed by atoms with Gasteiger partial charge in [0.1, 0.15) is 0 Å². The second-order valence-corrected chi connectivity index (χ2v) is 3.52. The van der Waals surface area contributed by atoms with Crippen molar-refractivity contribution < 1.29 is 4.74 Å². The monoisotopic (exact) mass is 197 g/mol. The average molecular weight is 197 g/mol. The van der Waals surface area contributed by atoms with Gasteiger partial charge in [-0.3, -0.25) is 4.68 Å². The summed E-state index contributed by atoms with van der Waals surface area (Å²) in [7, 11) is 3.66. The Morgan fingerprint density at radius 3 is 3.00 bits per heavy atom. The molecule has 80 valence electrons. The Labute approximate surface area is 85.3 Å². The van der Waals surface area contributed by atoms with Crippen LogP contribution in [0.4, 0.5) is 0 Å². The quantitative estimate of drug-likeness (QED) is 0.678. The van der Waals surface area contributed by atoms with Crippen LogP contribution in [0.25, 0.3) is 0 Å². The SMILES string of the molecule is COC(C)CNCCc1cnn(C)c1. The molecule has 0 aliphatic rings. The number of hydrogen-bond acceptors (Lipinski definition) is 3. The molecular formula is C10H19N3O. The predicted octanol–water partition coefficient (Wildman–Crippen LogP) is 0.587. The molecule has 1 rings (SSSR count). The molecule has 0 amide bonds. The maximum atomic E-state index is 5.13. The highest BCUT2D eigenvalue weighted by Gasteiger charge is 1.99. The first-order valence-electron chi connectivity index (χ1n) is 4.93. The zero-order valence-electron chi connectivity index (χ0n) is 9.16. The first kappa shape index (κ1) is 11.2. The van der Waals surface area contributed by atoms with Gasteiger partial charge in [-0.2, -0.15) is 5.10 Å². The van der Waals surface area contributed by atoms with Gasteiger partial charge in [-0.15, -0.1) is 0 Å². The summed E-state index contributed by atoms with van der Waals surface area (Å²) in [5, 5.41) is 7.44. The van der Waals surface area contributed by atoms with Crippen molar-refractivity contribution in [2.45, 2.75) is 19.4 Å². The van der Waals surface area contributed by atoms with Crippen LogP contribution in [0.3, 0.4) is 0 Å². The van der Waals surface area contributed by atoms with E-state index >= 15 is 0 Å². The number of ether oxygens (including phenoxy) is 1. The van der Waals surface area contributed by atoms with E-state index in [9.17, 15) is 0 Å². The van der Waals surface area contributed by atoms with Gasteiger partial charge in [0.15, 0.2) is 0 Å². The van der Waals surface area contributed by atoms with Crippen molar-refractivity contribution in [3.63, 3.8) is 0 Å². The van der Waals surface area contributed by atoms with E-state index in [4.69, 9.17) is 4.74 Å². The second-order valence-electron chi connectivity index (χ2n) is 3.52. The summed E-state index contributed by atoms with van der Waals surface area (Å²) in [5.41, 5.74) is 1.27. The normalized spacial score (nSPS) is 13.1. The van der Waals surface area contributed by atoms with Crippen molar-refractivity contribution in [3.8, 4) is 0 Å². The molecule has 0 aromatic carbocycles. The van der Waals surface area contributed by atoms with E-state index in [-0.39, 0.29) is 6.10 Å². The summed E-state index contributed by atoms with van der Waals surface area (Å²) in [4.78, 5) is 0. The Morgan fingerprint density at radius 1 is 1.64 bits per heavy atom. The first-order valence-corrected chi connectivity index (χ1v) is 4.93. The number of rotatable bonds is 6. The van der Waals surface area contributed by atoms with Crippen LogP contribution in [0.1, 0.15) is 12.5 Å². The number of aromatic nitrogens is 2. The minimum atomic E-state index is 0.281. The molecule has 1 heterocycles. The number of hydrogen-bond donors (Lipinski definition) is 1. The van der Waals surface area contributed by atoms with Crippen molar-refractivity contribution in [2.24, 2.45) is 7.05 Å². The lowest BCUT2D eigenvalue weighted by Crippen LogP contribution is -2.27. The zero-order chi connectivity index (χ0) is 10.4. The van der Waals surface area contributed by atoms with Gasteiger partial charge < -0.3 is 10.1 Å². The van der Waals surface area contributed by atoms with Gasteiger partial charge in [-0.05, 0) is 25.5 Å². The van der Waals surface area contributed by atoms with E-state index in [1.807, 2.05) is 24.1 Å². The molecule has 0 spiro atoms. The maximum Gasteiger partial charge on any atom is 0.0667 e. The molecule has 1 aromatic rings. The Hall–Kier alpha value is -0.870. The Kier molecular flexibility index (Phi) is 4.62. The molecular weight excluding hydrogens is 178 g/mol.